The molecule has 0 bridgehead atoms. The standard InChI is InChI=1S/C38H82N2.2BrH/c1-7-9-11-13-15-17-19-21-23-25-27-31-35-39(3,4)37-33-29-30-34-38-40(5,6)36-32-28-26-24-22-20-18-16-14-12-10-8-2;;/h7-38H2,1-6H3;2*1H/q+2;;/p-2. The molecule has 0 N–H and O–H groups in total. The van der Waals surface area contributed by atoms with E-state index in [4.69, 9.17) is 0 Å². The Kier molecular flexibility index (Phi) is 39.1. The van der Waals surface area contributed by atoms with Crippen molar-refractivity contribution in [2.24, 2.45) is 0 Å². The largest absolute Gasteiger partial charge is 1.00 e. The summed E-state index contributed by atoms with van der Waals surface area (Å²) in [5, 5.41) is 0. The lowest BCUT2D eigenvalue weighted by molar-refractivity contribution is -0.891. The third-order valence-electron chi connectivity index (χ3n) is 9.51. The molecule has 0 heterocycles. The SMILES string of the molecule is CCCCCCCCCCCCCC[N+](C)(C)CCCCCC[N+](C)(C)CCCCCCCCCCCCCC.[Br-].[Br-]. The summed E-state index contributed by atoms with van der Waals surface area (Å²) in [6, 6.07) is 0. The van der Waals surface area contributed by atoms with E-state index in [1.807, 2.05) is 0 Å². The fraction of sp³-hybridized carbons (Fsp3) is 1.00. The van der Waals surface area contributed by atoms with Gasteiger partial charge in [0.25, 0.3) is 0 Å². The normalized spacial score (nSPS) is 11.9. The lowest BCUT2D eigenvalue weighted by Gasteiger charge is -2.31. The highest BCUT2D eigenvalue weighted by Crippen LogP contribution is 2.15. The molecule has 0 amide bonds. The third kappa shape index (κ3) is 37.1. The molecule has 0 unspecified atom stereocenters. The van der Waals surface area contributed by atoms with Gasteiger partial charge >= 0.3 is 0 Å². The van der Waals surface area contributed by atoms with Crippen LogP contribution in [0.15, 0.2) is 0 Å². The Morgan fingerprint density at radius 3 is 0.548 bits per heavy atom. The number of unbranched alkanes of at least 4 members (excludes halogenated alkanes) is 25. The molecule has 258 valence electrons. The zero-order valence-electron chi connectivity index (χ0n) is 30.3. The topological polar surface area (TPSA) is 0 Å². The first kappa shape index (κ1) is 47.3. The second kappa shape index (κ2) is 34.7. The lowest BCUT2D eigenvalue weighted by atomic mass is 10.0. The summed E-state index contributed by atoms with van der Waals surface area (Å²) in [5.41, 5.74) is 0. The summed E-state index contributed by atoms with van der Waals surface area (Å²) in [4.78, 5) is 0. The zero-order chi connectivity index (χ0) is 29.6. The smallest absolute Gasteiger partial charge is 0.0782 e. The molecule has 0 spiro atoms. The Labute approximate surface area is 289 Å². The lowest BCUT2D eigenvalue weighted by Crippen LogP contribution is -3.00. The molecular formula is C38H82Br2N2. The highest BCUT2D eigenvalue weighted by atomic mass is 79.9. The van der Waals surface area contributed by atoms with Gasteiger partial charge in [0.1, 0.15) is 0 Å². The molecule has 4 heteroatoms. The van der Waals surface area contributed by atoms with Crippen molar-refractivity contribution in [1.29, 1.82) is 0 Å². The zero-order valence-corrected chi connectivity index (χ0v) is 33.4. The van der Waals surface area contributed by atoms with E-state index in [0.717, 1.165) is 0 Å². The van der Waals surface area contributed by atoms with E-state index >= 15 is 0 Å². The van der Waals surface area contributed by atoms with Crippen molar-refractivity contribution in [2.45, 2.75) is 194 Å². The number of halogens is 2. The number of quaternary nitrogens is 2. The average molecular weight is 727 g/mol. The molecule has 0 aliphatic rings. The van der Waals surface area contributed by atoms with Crippen LogP contribution in [0.3, 0.4) is 0 Å². The van der Waals surface area contributed by atoms with Crippen LogP contribution in [0, 0.1) is 0 Å². The first-order valence-electron chi connectivity index (χ1n) is 19.0. The number of hydrogen-bond acceptors (Lipinski definition) is 0. The van der Waals surface area contributed by atoms with Crippen LogP contribution >= 0.6 is 0 Å². The molecule has 0 radical (unpaired) electrons. The Bertz CT molecular complexity index is 451. The Balaban J connectivity index is -0.00000760. The summed E-state index contributed by atoms with van der Waals surface area (Å²) in [5.74, 6) is 0. The molecule has 42 heavy (non-hydrogen) atoms. The van der Waals surface area contributed by atoms with Gasteiger partial charge in [0, 0.05) is 0 Å². The average Bonchev–Trinajstić information content (AvgIpc) is 2.91. The second-order valence-electron chi connectivity index (χ2n) is 15.0. The first-order valence-corrected chi connectivity index (χ1v) is 19.0. The van der Waals surface area contributed by atoms with E-state index in [9.17, 15) is 0 Å². The van der Waals surface area contributed by atoms with Crippen molar-refractivity contribution in [2.75, 3.05) is 54.4 Å². The Hall–Kier alpha value is 0.880. The van der Waals surface area contributed by atoms with E-state index in [2.05, 4.69) is 42.0 Å². The fourth-order valence-corrected chi connectivity index (χ4v) is 6.42. The maximum atomic E-state index is 2.47. The van der Waals surface area contributed by atoms with E-state index < -0.39 is 0 Å². The van der Waals surface area contributed by atoms with Crippen LogP contribution in [0.4, 0.5) is 0 Å². The van der Waals surface area contributed by atoms with Crippen molar-refractivity contribution in [3.05, 3.63) is 0 Å². The highest BCUT2D eigenvalue weighted by molar-refractivity contribution is 4.51. The minimum atomic E-state index is 0. The Morgan fingerprint density at radius 1 is 0.238 bits per heavy atom. The van der Waals surface area contributed by atoms with Gasteiger partial charge in [-0.15, -0.1) is 0 Å². The van der Waals surface area contributed by atoms with E-state index in [-0.39, 0.29) is 34.0 Å². The van der Waals surface area contributed by atoms with E-state index in [1.54, 1.807) is 0 Å². The minimum Gasteiger partial charge on any atom is -1.00 e. The molecule has 0 aromatic heterocycles. The number of nitrogens with zero attached hydrogens (tertiary/aromatic N) is 2. The predicted octanol–water partition coefficient (Wildman–Crippen LogP) is 6.11. The van der Waals surface area contributed by atoms with Crippen molar-refractivity contribution >= 4 is 0 Å². The maximum absolute atomic E-state index is 2.47. The summed E-state index contributed by atoms with van der Waals surface area (Å²) < 4.78 is 2.47. The molecular weight excluding hydrogens is 644 g/mol. The molecule has 0 aliphatic carbocycles. The van der Waals surface area contributed by atoms with Gasteiger partial charge in [0.05, 0.1) is 54.4 Å². The van der Waals surface area contributed by atoms with E-state index in [0.29, 0.717) is 0 Å². The van der Waals surface area contributed by atoms with Gasteiger partial charge < -0.3 is 42.9 Å². The van der Waals surface area contributed by atoms with Gasteiger partial charge in [0.15, 0.2) is 0 Å². The number of rotatable bonds is 33. The van der Waals surface area contributed by atoms with Crippen molar-refractivity contribution in [1.82, 2.24) is 0 Å². The Morgan fingerprint density at radius 2 is 0.381 bits per heavy atom. The van der Waals surface area contributed by atoms with Crippen LogP contribution in [0.25, 0.3) is 0 Å². The predicted molar refractivity (Wildman–Crippen MR) is 184 cm³/mol. The molecule has 0 aromatic carbocycles. The van der Waals surface area contributed by atoms with Gasteiger partial charge in [-0.25, -0.2) is 0 Å². The quantitative estimate of drug-likeness (QED) is 0.0566. The highest BCUT2D eigenvalue weighted by Gasteiger charge is 2.15. The van der Waals surface area contributed by atoms with Gasteiger partial charge in [-0.1, -0.05) is 142 Å². The molecule has 0 saturated carbocycles. The van der Waals surface area contributed by atoms with E-state index in [1.165, 1.54) is 215 Å². The monoisotopic (exact) mass is 724 g/mol. The molecule has 0 aromatic rings. The van der Waals surface area contributed by atoms with Crippen LogP contribution in [-0.2, 0) is 0 Å². The summed E-state index contributed by atoms with van der Waals surface area (Å²) in [6.07, 6.45) is 40.6. The minimum absolute atomic E-state index is 0. The van der Waals surface area contributed by atoms with Gasteiger partial charge in [-0.05, 0) is 51.4 Å². The van der Waals surface area contributed by atoms with Crippen molar-refractivity contribution in [3.63, 3.8) is 0 Å². The summed E-state index contributed by atoms with van der Waals surface area (Å²) >= 11 is 0. The molecule has 0 rings (SSSR count). The maximum Gasteiger partial charge on any atom is 0.0782 e. The van der Waals surface area contributed by atoms with Crippen LogP contribution in [0.5, 0.6) is 0 Å². The van der Waals surface area contributed by atoms with Gasteiger partial charge in [-0.2, -0.15) is 0 Å². The summed E-state index contributed by atoms with van der Waals surface area (Å²) in [7, 11) is 9.86. The van der Waals surface area contributed by atoms with Gasteiger partial charge in [-0.3, -0.25) is 0 Å². The van der Waals surface area contributed by atoms with Crippen LogP contribution in [0.2, 0.25) is 0 Å². The van der Waals surface area contributed by atoms with Crippen LogP contribution in [0.1, 0.15) is 194 Å². The molecule has 0 fully saturated rings. The second-order valence-corrected chi connectivity index (χ2v) is 15.0. The number of hydrogen-bond donors (Lipinski definition) is 0. The van der Waals surface area contributed by atoms with Crippen molar-refractivity contribution < 1.29 is 42.9 Å². The summed E-state index contributed by atoms with van der Waals surface area (Å²) in [6.45, 7) is 10.1. The molecule has 0 saturated heterocycles. The molecule has 2 nitrogen and oxygen atoms in total. The third-order valence-corrected chi connectivity index (χ3v) is 9.51. The van der Waals surface area contributed by atoms with Crippen molar-refractivity contribution in [3.8, 4) is 0 Å². The van der Waals surface area contributed by atoms with Gasteiger partial charge in [0.2, 0.25) is 0 Å². The molecule has 0 atom stereocenters. The first-order chi connectivity index (χ1) is 19.3. The molecule has 0 aliphatic heterocycles. The fourth-order valence-electron chi connectivity index (χ4n) is 6.42. The van der Waals surface area contributed by atoms with Crippen LogP contribution < -0.4 is 34.0 Å². The van der Waals surface area contributed by atoms with Crippen LogP contribution in [-0.4, -0.2) is 63.3 Å².